The van der Waals surface area contributed by atoms with Crippen LogP contribution >= 0.6 is 0 Å². The maximum Gasteiger partial charge on any atom is 0.116 e. The number of hydrogen-bond donors (Lipinski definition) is 0. The van der Waals surface area contributed by atoms with E-state index in [9.17, 15) is 0 Å². The predicted octanol–water partition coefficient (Wildman–Crippen LogP) is 2.32. The Balaban J connectivity index is 2.78. The van der Waals surface area contributed by atoms with Crippen molar-refractivity contribution in [1.82, 2.24) is 15.0 Å². The largest absolute Gasteiger partial charge is 0.253 e. The molecule has 0 aliphatic heterocycles. The molecule has 0 saturated heterocycles. The van der Waals surface area contributed by atoms with Crippen LogP contribution in [0.2, 0.25) is 0 Å². The van der Waals surface area contributed by atoms with Crippen molar-refractivity contribution in [3.63, 3.8) is 0 Å². The highest BCUT2D eigenvalue weighted by Gasteiger charge is 2.19. The molecule has 2 aromatic heterocycles. The molecule has 0 aliphatic carbocycles. The van der Waals surface area contributed by atoms with Crippen LogP contribution in [-0.4, -0.2) is 15.0 Å². The minimum atomic E-state index is 0.00947. The van der Waals surface area contributed by atoms with Crippen LogP contribution in [0.1, 0.15) is 26.5 Å². The van der Waals surface area contributed by atoms with Gasteiger partial charge in [0, 0.05) is 11.6 Å². The molecule has 3 nitrogen and oxygen atoms in total. The number of nitrogens with zero attached hydrogens (tertiary/aromatic N) is 3. The second kappa shape index (κ2) is 3.01. The molecule has 2 aromatic rings. The molecule has 0 fully saturated rings. The Bertz CT molecular complexity index is 452. The first-order valence-electron chi connectivity index (χ1n) is 4.65. The van der Waals surface area contributed by atoms with Crippen molar-refractivity contribution in [2.75, 3.05) is 0 Å². The van der Waals surface area contributed by atoms with Gasteiger partial charge in [-0.3, -0.25) is 4.98 Å². The van der Waals surface area contributed by atoms with Gasteiger partial charge in [-0.15, -0.1) is 0 Å². The lowest BCUT2D eigenvalue weighted by molar-refractivity contribution is 0.572. The topological polar surface area (TPSA) is 38.7 Å². The van der Waals surface area contributed by atoms with Gasteiger partial charge < -0.3 is 0 Å². The predicted molar refractivity (Wildman–Crippen MR) is 56.0 cm³/mol. The summed E-state index contributed by atoms with van der Waals surface area (Å²) in [6.45, 7) is 6.39. The van der Waals surface area contributed by atoms with Crippen LogP contribution in [0.3, 0.4) is 0 Å². The van der Waals surface area contributed by atoms with Gasteiger partial charge in [0.25, 0.3) is 0 Å². The Morgan fingerprint density at radius 1 is 1.07 bits per heavy atom. The number of aromatic nitrogens is 3. The molecule has 0 amide bonds. The quantitative estimate of drug-likeness (QED) is 0.635. The zero-order valence-electron chi connectivity index (χ0n) is 8.65. The Kier molecular flexibility index (Phi) is 1.95. The van der Waals surface area contributed by atoms with Gasteiger partial charge in [-0.05, 0) is 12.1 Å². The molecule has 72 valence electrons. The maximum atomic E-state index is 4.32. The summed E-state index contributed by atoms with van der Waals surface area (Å²) in [6.07, 6.45) is 3.38. The minimum Gasteiger partial charge on any atom is -0.253 e. The van der Waals surface area contributed by atoms with Crippen LogP contribution in [0.25, 0.3) is 11.0 Å². The third kappa shape index (κ3) is 1.45. The van der Waals surface area contributed by atoms with Crippen molar-refractivity contribution in [3.8, 4) is 0 Å². The molecule has 0 aromatic carbocycles. The third-order valence-corrected chi connectivity index (χ3v) is 2.10. The first-order valence-corrected chi connectivity index (χ1v) is 4.65. The Hall–Kier alpha value is -1.51. The fourth-order valence-electron chi connectivity index (χ4n) is 1.44. The number of fused-ring (bicyclic) bond motifs is 1. The molecule has 2 rings (SSSR count). The molecule has 0 spiro atoms. The summed E-state index contributed by atoms with van der Waals surface area (Å²) in [5.41, 5.74) is 2.83. The monoisotopic (exact) mass is 187 g/mol. The Labute approximate surface area is 83.2 Å². The number of pyridine rings is 1. The van der Waals surface area contributed by atoms with Crippen molar-refractivity contribution in [2.45, 2.75) is 26.2 Å². The van der Waals surface area contributed by atoms with E-state index < -0.39 is 0 Å². The lowest BCUT2D eigenvalue weighted by Crippen LogP contribution is -2.14. The van der Waals surface area contributed by atoms with Crippen LogP contribution in [0.4, 0.5) is 0 Å². The van der Waals surface area contributed by atoms with E-state index >= 15 is 0 Å². The van der Waals surface area contributed by atoms with Gasteiger partial charge in [0.1, 0.15) is 11.8 Å². The van der Waals surface area contributed by atoms with Crippen LogP contribution < -0.4 is 0 Å². The second-order valence-corrected chi connectivity index (χ2v) is 4.34. The first kappa shape index (κ1) is 9.06. The van der Waals surface area contributed by atoms with Crippen molar-refractivity contribution in [1.29, 1.82) is 0 Å². The zero-order chi connectivity index (χ0) is 10.2. The van der Waals surface area contributed by atoms with E-state index in [2.05, 4.69) is 35.7 Å². The van der Waals surface area contributed by atoms with E-state index in [1.807, 2.05) is 12.1 Å². The van der Waals surface area contributed by atoms with Gasteiger partial charge >= 0.3 is 0 Å². The van der Waals surface area contributed by atoms with Crippen LogP contribution in [0, 0.1) is 0 Å². The lowest BCUT2D eigenvalue weighted by Gasteiger charge is -2.18. The fourth-order valence-corrected chi connectivity index (χ4v) is 1.44. The van der Waals surface area contributed by atoms with Gasteiger partial charge in [0.2, 0.25) is 0 Å². The smallest absolute Gasteiger partial charge is 0.116 e. The Morgan fingerprint density at radius 2 is 1.86 bits per heavy atom. The summed E-state index contributed by atoms with van der Waals surface area (Å²) in [5.74, 6) is 0. The van der Waals surface area contributed by atoms with E-state index in [4.69, 9.17) is 0 Å². The maximum absolute atomic E-state index is 4.32. The lowest BCUT2D eigenvalue weighted by atomic mass is 9.91. The van der Waals surface area contributed by atoms with Gasteiger partial charge in [-0.1, -0.05) is 20.8 Å². The summed E-state index contributed by atoms with van der Waals surface area (Å²) in [6, 6.07) is 3.85. The molecule has 0 N–H and O–H groups in total. The third-order valence-electron chi connectivity index (χ3n) is 2.10. The SMILES string of the molecule is CC(C)(C)c1ncnc2cccnc12. The summed E-state index contributed by atoms with van der Waals surface area (Å²) < 4.78 is 0. The van der Waals surface area contributed by atoms with Crippen molar-refractivity contribution in [2.24, 2.45) is 0 Å². The second-order valence-electron chi connectivity index (χ2n) is 4.34. The molecule has 2 heterocycles. The van der Waals surface area contributed by atoms with Crippen molar-refractivity contribution >= 4 is 11.0 Å². The normalized spacial score (nSPS) is 11.9. The van der Waals surface area contributed by atoms with E-state index in [0.717, 1.165) is 16.7 Å². The van der Waals surface area contributed by atoms with Crippen molar-refractivity contribution in [3.05, 3.63) is 30.4 Å². The van der Waals surface area contributed by atoms with E-state index in [1.54, 1.807) is 12.5 Å². The van der Waals surface area contributed by atoms with E-state index in [0.29, 0.717) is 0 Å². The molecule has 14 heavy (non-hydrogen) atoms. The zero-order valence-corrected chi connectivity index (χ0v) is 8.65. The van der Waals surface area contributed by atoms with Gasteiger partial charge in [-0.25, -0.2) is 9.97 Å². The van der Waals surface area contributed by atoms with Crippen LogP contribution in [0.15, 0.2) is 24.7 Å². The summed E-state index contributed by atoms with van der Waals surface area (Å²) in [7, 11) is 0. The average Bonchev–Trinajstić information content (AvgIpc) is 2.15. The molecule has 0 saturated carbocycles. The molecule has 0 bridgehead atoms. The van der Waals surface area contributed by atoms with Gasteiger partial charge in [0.05, 0.1) is 11.2 Å². The molecule has 0 radical (unpaired) electrons. The molecule has 3 heteroatoms. The van der Waals surface area contributed by atoms with E-state index in [-0.39, 0.29) is 5.41 Å². The highest BCUT2D eigenvalue weighted by Crippen LogP contribution is 2.24. The summed E-state index contributed by atoms with van der Waals surface area (Å²) in [4.78, 5) is 12.8. The molecular weight excluding hydrogens is 174 g/mol. The fraction of sp³-hybridized carbons (Fsp3) is 0.364. The van der Waals surface area contributed by atoms with Gasteiger partial charge in [-0.2, -0.15) is 0 Å². The van der Waals surface area contributed by atoms with Gasteiger partial charge in [0.15, 0.2) is 0 Å². The highest BCUT2D eigenvalue weighted by molar-refractivity contribution is 5.76. The molecular formula is C11H13N3. The summed E-state index contributed by atoms with van der Waals surface area (Å²) in [5, 5.41) is 0. The number of hydrogen-bond acceptors (Lipinski definition) is 3. The minimum absolute atomic E-state index is 0.00947. The van der Waals surface area contributed by atoms with Crippen LogP contribution in [0.5, 0.6) is 0 Å². The highest BCUT2D eigenvalue weighted by atomic mass is 14.9. The Morgan fingerprint density at radius 3 is 2.57 bits per heavy atom. The number of rotatable bonds is 0. The standard InChI is InChI=1S/C11H13N3/c1-11(2,3)10-9-8(13-7-14-10)5-4-6-12-9/h4-7H,1-3H3. The van der Waals surface area contributed by atoms with Crippen molar-refractivity contribution < 1.29 is 0 Å². The molecule has 0 aliphatic rings. The first-order chi connectivity index (χ1) is 6.59. The van der Waals surface area contributed by atoms with Crippen LogP contribution in [-0.2, 0) is 5.41 Å². The molecule has 0 unspecified atom stereocenters. The summed E-state index contributed by atoms with van der Waals surface area (Å²) >= 11 is 0. The van der Waals surface area contributed by atoms with E-state index in [1.165, 1.54) is 0 Å². The molecule has 0 atom stereocenters. The average molecular weight is 187 g/mol.